The number of anilines is 1. The minimum atomic E-state index is -0.00471. The van der Waals surface area contributed by atoms with Crippen LogP contribution in [0.2, 0.25) is 0 Å². The smallest absolute Gasteiger partial charge is 0.185 e. The van der Waals surface area contributed by atoms with Crippen LogP contribution in [0.25, 0.3) is 6.08 Å². The molecule has 138 valence electrons. The van der Waals surface area contributed by atoms with Crippen molar-refractivity contribution in [1.29, 1.82) is 0 Å². The van der Waals surface area contributed by atoms with Crippen molar-refractivity contribution in [3.63, 3.8) is 0 Å². The lowest BCUT2D eigenvalue weighted by molar-refractivity contribution is 0.104. The second kappa shape index (κ2) is 8.04. The van der Waals surface area contributed by atoms with E-state index >= 15 is 0 Å². The third kappa shape index (κ3) is 4.34. The number of carbonyl (C=O) groups excluding carboxylic acids is 1. The molecule has 1 heterocycles. The highest BCUT2D eigenvalue weighted by atomic mass is 16.1. The maximum absolute atomic E-state index is 12.5. The Labute approximate surface area is 160 Å². The lowest BCUT2D eigenvalue weighted by Gasteiger charge is -2.11. The molecule has 0 radical (unpaired) electrons. The molecule has 0 unspecified atom stereocenters. The Morgan fingerprint density at radius 3 is 2.33 bits per heavy atom. The van der Waals surface area contributed by atoms with Crippen LogP contribution >= 0.6 is 0 Å². The van der Waals surface area contributed by atoms with Crippen LogP contribution in [0, 0.1) is 13.8 Å². The van der Waals surface area contributed by atoms with E-state index in [2.05, 4.69) is 17.2 Å². The Hall–Kier alpha value is -3.14. The van der Waals surface area contributed by atoms with Crippen molar-refractivity contribution in [2.75, 3.05) is 19.0 Å². The summed E-state index contributed by atoms with van der Waals surface area (Å²) in [6, 6.07) is 17.9. The summed E-state index contributed by atoms with van der Waals surface area (Å²) in [4.78, 5) is 14.5. The largest absolute Gasteiger partial charge is 0.378 e. The molecular formula is C23H25N3O. The molecule has 0 N–H and O–H groups in total. The first-order valence-electron chi connectivity index (χ1n) is 9.03. The third-order valence-electron chi connectivity index (χ3n) is 4.68. The van der Waals surface area contributed by atoms with E-state index in [0.717, 1.165) is 29.2 Å². The van der Waals surface area contributed by atoms with Crippen molar-refractivity contribution in [2.24, 2.45) is 0 Å². The fraction of sp³-hybridized carbons (Fsp3) is 0.217. The Morgan fingerprint density at radius 1 is 1.04 bits per heavy atom. The molecule has 0 saturated carbocycles. The molecule has 0 saturated heterocycles. The van der Waals surface area contributed by atoms with E-state index in [1.54, 1.807) is 6.08 Å². The number of hydrogen-bond donors (Lipinski definition) is 0. The van der Waals surface area contributed by atoms with E-state index < -0.39 is 0 Å². The highest BCUT2D eigenvalue weighted by Gasteiger charge is 2.10. The van der Waals surface area contributed by atoms with Crippen LogP contribution in [-0.2, 0) is 6.54 Å². The Bertz CT molecular complexity index is 951. The van der Waals surface area contributed by atoms with E-state index in [4.69, 9.17) is 0 Å². The molecule has 0 fully saturated rings. The topological polar surface area (TPSA) is 38.1 Å². The standard InChI is InChI=1S/C23H25N3O/c1-17-22(18(2)26(24-17)16-19-8-6-5-7-9-19)14-15-23(27)20-10-12-21(13-11-20)25(3)4/h5-15H,16H2,1-4H3/b15-14+. The van der Waals surface area contributed by atoms with Crippen LogP contribution in [0.5, 0.6) is 0 Å². The molecule has 3 aromatic rings. The van der Waals surface area contributed by atoms with E-state index in [1.165, 1.54) is 5.56 Å². The average molecular weight is 359 g/mol. The van der Waals surface area contributed by atoms with Gasteiger partial charge in [-0.15, -0.1) is 0 Å². The zero-order chi connectivity index (χ0) is 19.4. The molecule has 0 aliphatic heterocycles. The van der Waals surface area contributed by atoms with Crippen molar-refractivity contribution in [1.82, 2.24) is 9.78 Å². The molecular weight excluding hydrogens is 334 g/mol. The van der Waals surface area contributed by atoms with Crippen LogP contribution in [0.3, 0.4) is 0 Å². The fourth-order valence-corrected chi connectivity index (χ4v) is 3.04. The molecule has 27 heavy (non-hydrogen) atoms. The molecule has 0 bridgehead atoms. The predicted octanol–water partition coefficient (Wildman–Crippen LogP) is 4.51. The Balaban J connectivity index is 1.77. The molecule has 1 aromatic heterocycles. The fourth-order valence-electron chi connectivity index (χ4n) is 3.04. The summed E-state index contributed by atoms with van der Waals surface area (Å²) in [5, 5.41) is 4.64. The Kier molecular flexibility index (Phi) is 5.55. The first-order valence-corrected chi connectivity index (χ1v) is 9.03. The lowest BCUT2D eigenvalue weighted by Crippen LogP contribution is -2.08. The van der Waals surface area contributed by atoms with Crippen molar-refractivity contribution in [3.8, 4) is 0 Å². The second-order valence-electron chi connectivity index (χ2n) is 6.87. The Morgan fingerprint density at radius 2 is 1.70 bits per heavy atom. The van der Waals surface area contributed by atoms with Gasteiger partial charge in [0.2, 0.25) is 0 Å². The molecule has 2 aromatic carbocycles. The highest BCUT2D eigenvalue weighted by Crippen LogP contribution is 2.18. The lowest BCUT2D eigenvalue weighted by atomic mass is 10.1. The van der Waals surface area contributed by atoms with Gasteiger partial charge in [-0.3, -0.25) is 9.48 Å². The number of hydrogen-bond acceptors (Lipinski definition) is 3. The van der Waals surface area contributed by atoms with Gasteiger partial charge >= 0.3 is 0 Å². The average Bonchev–Trinajstić information content (AvgIpc) is 2.93. The van der Waals surface area contributed by atoms with E-state index in [1.807, 2.05) is 86.1 Å². The summed E-state index contributed by atoms with van der Waals surface area (Å²) in [6.45, 7) is 4.74. The van der Waals surface area contributed by atoms with Gasteiger partial charge in [0, 0.05) is 36.6 Å². The number of benzene rings is 2. The third-order valence-corrected chi connectivity index (χ3v) is 4.68. The minimum absolute atomic E-state index is 0.00471. The summed E-state index contributed by atoms with van der Waals surface area (Å²) in [7, 11) is 3.96. The van der Waals surface area contributed by atoms with Gasteiger partial charge in [0.25, 0.3) is 0 Å². The number of ketones is 1. The van der Waals surface area contributed by atoms with Crippen LogP contribution in [0.1, 0.15) is 32.9 Å². The number of carbonyl (C=O) groups is 1. The zero-order valence-corrected chi connectivity index (χ0v) is 16.3. The molecule has 4 nitrogen and oxygen atoms in total. The van der Waals surface area contributed by atoms with Crippen molar-refractivity contribution < 1.29 is 4.79 Å². The minimum Gasteiger partial charge on any atom is -0.378 e. The van der Waals surface area contributed by atoms with E-state index in [-0.39, 0.29) is 5.78 Å². The summed E-state index contributed by atoms with van der Waals surface area (Å²) >= 11 is 0. The van der Waals surface area contributed by atoms with Gasteiger partial charge in [-0.25, -0.2) is 0 Å². The van der Waals surface area contributed by atoms with Gasteiger partial charge in [-0.2, -0.15) is 5.10 Å². The van der Waals surface area contributed by atoms with Gasteiger partial charge in [-0.05, 0) is 55.8 Å². The monoisotopic (exact) mass is 359 g/mol. The van der Waals surface area contributed by atoms with Gasteiger partial charge in [0.05, 0.1) is 12.2 Å². The second-order valence-corrected chi connectivity index (χ2v) is 6.87. The molecule has 0 aliphatic carbocycles. The molecule has 0 aliphatic rings. The molecule has 0 spiro atoms. The maximum Gasteiger partial charge on any atom is 0.185 e. The first-order chi connectivity index (χ1) is 13.0. The van der Waals surface area contributed by atoms with E-state index in [0.29, 0.717) is 5.56 Å². The van der Waals surface area contributed by atoms with Crippen LogP contribution in [0.15, 0.2) is 60.7 Å². The molecule has 0 amide bonds. The van der Waals surface area contributed by atoms with E-state index in [9.17, 15) is 4.79 Å². The van der Waals surface area contributed by atoms with Gasteiger partial charge < -0.3 is 4.90 Å². The number of nitrogens with zero attached hydrogens (tertiary/aromatic N) is 3. The summed E-state index contributed by atoms with van der Waals surface area (Å²) in [5.41, 5.74) is 5.95. The molecule has 4 heteroatoms. The number of rotatable bonds is 6. The van der Waals surface area contributed by atoms with Crippen LogP contribution in [-0.4, -0.2) is 29.7 Å². The van der Waals surface area contributed by atoms with Crippen LogP contribution in [0.4, 0.5) is 5.69 Å². The van der Waals surface area contributed by atoms with Crippen molar-refractivity contribution in [3.05, 3.63) is 88.8 Å². The maximum atomic E-state index is 12.5. The zero-order valence-electron chi connectivity index (χ0n) is 16.3. The SMILES string of the molecule is Cc1nn(Cc2ccccc2)c(C)c1/C=C/C(=O)c1ccc(N(C)C)cc1. The summed E-state index contributed by atoms with van der Waals surface area (Å²) in [5.74, 6) is -0.00471. The normalized spacial score (nSPS) is 11.1. The van der Waals surface area contributed by atoms with Crippen molar-refractivity contribution >= 4 is 17.5 Å². The highest BCUT2D eigenvalue weighted by molar-refractivity contribution is 6.07. The van der Waals surface area contributed by atoms with Crippen LogP contribution < -0.4 is 4.90 Å². The van der Waals surface area contributed by atoms with Gasteiger partial charge in [0.15, 0.2) is 5.78 Å². The summed E-state index contributed by atoms with van der Waals surface area (Å²) < 4.78 is 1.99. The van der Waals surface area contributed by atoms with Gasteiger partial charge in [-0.1, -0.05) is 30.3 Å². The predicted molar refractivity (Wildman–Crippen MR) is 111 cm³/mol. The first kappa shape index (κ1) is 18.6. The molecule has 0 atom stereocenters. The number of allylic oxidation sites excluding steroid dienone is 1. The molecule has 3 rings (SSSR count). The summed E-state index contributed by atoms with van der Waals surface area (Å²) in [6.07, 6.45) is 3.51. The number of aromatic nitrogens is 2. The van der Waals surface area contributed by atoms with Crippen molar-refractivity contribution in [2.45, 2.75) is 20.4 Å². The van der Waals surface area contributed by atoms with Gasteiger partial charge in [0.1, 0.15) is 0 Å². The quantitative estimate of drug-likeness (QED) is 0.480. The number of aryl methyl sites for hydroxylation is 1.